The first-order valence-corrected chi connectivity index (χ1v) is 8.31. The van der Waals surface area contributed by atoms with Gasteiger partial charge in [-0.2, -0.15) is 11.3 Å². The second-order valence-corrected chi connectivity index (χ2v) is 6.30. The van der Waals surface area contributed by atoms with Gasteiger partial charge < -0.3 is 15.2 Å². The molecule has 1 amide bonds. The van der Waals surface area contributed by atoms with E-state index in [9.17, 15) is 14.7 Å². The van der Waals surface area contributed by atoms with Crippen molar-refractivity contribution in [1.82, 2.24) is 5.32 Å². The lowest BCUT2D eigenvalue weighted by atomic mass is 10.00. The van der Waals surface area contributed by atoms with Crippen molar-refractivity contribution in [3.8, 4) is 5.75 Å². The number of benzene rings is 1. The number of hydrogen-bond acceptors (Lipinski definition) is 4. The molecular weight excluding hydrogens is 314 g/mol. The maximum Gasteiger partial charge on any atom is 0.330 e. The van der Waals surface area contributed by atoms with Crippen molar-refractivity contribution in [2.45, 2.75) is 25.3 Å². The molecule has 1 aromatic heterocycles. The number of carbonyl (C=O) groups is 2. The van der Waals surface area contributed by atoms with Gasteiger partial charge in [0.15, 0.2) is 6.04 Å². The molecule has 1 aliphatic rings. The zero-order valence-corrected chi connectivity index (χ0v) is 13.4. The largest absolute Gasteiger partial charge is 0.493 e. The van der Waals surface area contributed by atoms with Crippen LogP contribution in [0, 0.1) is 0 Å². The molecule has 0 bridgehead atoms. The van der Waals surface area contributed by atoms with E-state index in [-0.39, 0.29) is 11.8 Å². The van der Waals surface area contributed by atoms with Gasteiger partial charge in [-0.3, -0.25) is 4.79 Å². The smallest absolute Gasteiger partial charge is 0.330 e. The number of carbonyl (C=O) groups excluding carboxylic acids is 1. The molecule has 2 unspecified atom stereocenters. The minimum atomic E-state index is -1.07. The molecule has 3 rings (SSSR count). The van der Waals surface area contributed by atoms with Crippen molar-refractivity contribution >= 4 is 23.2 Å². The fourth-order valence-electron chi connectivity index (χ4n) is 2.61. The number of ether oxygens (including phenoxy) is 1. The maximum absolute atomic E-state index is 12.4. The Kier molecular flexibility index (Phi) is 4.34. The summed E-state index contributed by atoms with van der Waals surface area (Å²) in [6.45, 7) is 2.38. The van der Waals surface area contributed by atoms with E-state index < -0.39 is 12.0 Å². The highest BCUT2D eigenvalue weighted by molar-refractivity contribution is 7.08. The first-order chi connectivity index (χ1) is 11.1. The molecule has 120 valence electrons. The van der Waals surface area contributed by atoms with Crippen LogP contribution < -0.4 is 10.1 Å². The monoisotopic (exact) mass is 331 g/mol. The zero-order valence-electron chi connectivity index (χ0n) is 12.6. The van der Waals surface area contributed by atoms with Crippen LogP contribution in [0.2, 0.25) is 0 Å². The quantitative estimate of drug-likeness (QED) is 0.883. The Labute approximate surface area is 137 Å². The second kappa shape index (κ2) is 6.42. The summed E-state index contributed by atoms with van der Waals surface area (Å²) >= 11 is 1.51. The van der Waals surface area contributed by atoms with Crippen molar-refractivity contribution in [2.24, 2.45) is 0 Å². The molecule has 1 aliphatic heterocycles. The lowest BCUT2D eigenvalue weighted by molar-refractivity contribution is -0.142. The number of rotatable bonds is 5. The summed E-state index contributed by atoms with van der Waals surface area (Å²) in [5.41, 5.74) is 2.43. The minimum Gasteiger partial charge on any atom is -0.493 e. The summed E-state index contributed by atoms with van der Waals surface area (Å²) in [7, 11) is 0. The Balaban J connectivity index is 1.79. The van der Waals surface area contributed by atoms with Gasteiger partial charge in [0, 0.05) is 6.42 Å². The van der Waals surface area contributed by atoms with Gasteiger partial charge in [-0.1, -0.05) is 6.07 Å². The second-order valence-electron chi connectivity index (χ2n) is 5.52. The minimum absolute atomic E-state index is 0.299. The van der Waals surface area contributed by atoms with Gasteiger partial charge in [0.05, 0.1) is 12.5 Å². The van der Waals surface area contributed by atoms with Gasteiger partial charge in [0.1, 0.15) is 5.75 Å². The number of thiophene rings is 1. The number of hydrogen-bond donors (Lipinski definition) is 2. The SMILES string of the molecule is CC(C(=O)NC(C(=O)O)c1ccc2c(c1)CCO2)c1ccsc1. The molecular formula is C17H17NO4S. The fraction of sp³-hybridized carbons (Fsp3) is 0.294. The fourth-order valence-corrected chi connectivity index (χ4v) is 3.37. The lowest BCUT2D eigenvalue weighted by Crippen LogP contribution is -2.36. The Morgan fingerprint density at radius 3 is 2.83 bits per heavy atom. The summed E-state index contributed by atoms with van der Waals surface area (Å²) in [4.78, 5) is 24.0. The normalized spacial score (nSPS) is 15.3. The van der Waals surface area contributed by atoms with Crippen LogP contribution >= 0.6 is 11.3 Å². The van der Waals surface area contributed by atoms with Crippen LogP contribution in [0.1, 0.15) is 35.6 Å². The van der Waals surface area contributed by atoms with Crippen molar-refractivity contribution in [3.63, 3.8) is 0 Å². The van der Waals surface area contributed by atoms with Crippen LogP contribution in [-0.4, -0.2) is 23.6 Å². The van der Waals surface area contributed by atoms with Crippen LogP contribution in [0.4, 0.5) is 0 Å². The third kappa shape index (κ3) is 3.22. The van der Waals surface area contributed by atoms with E-state index >= 15 is 0 Å². The van der Waals surface area contributed by atoms with E-state index in [1.165, 1.54) is 11.3 Å². The number of aliphatic carboxylic acids is 1. The van der Waals surface area contributed by atoms with Crippen LogP contribution in [-0.2, 0) is 16.0 Å². The first kappa shape index (κ1) is 15.6. The average molecular weight is 331 g/mol. The Bertz CT molecular complexity index is 726. The highest BCUT2D eigenvalue weighted by Gasteiger charge is 2.26. The molecule has 2 heterocycles. The molecule has 0 saturated heterocycles. The summed E-state index contributed by atoms with van der Waals surface area (Å²) in [5.74, 6) is -0.973. The van der Waals surface area contributed by atoms with Gasteiger partial charge in [-0.05, 0) is 52.6 Å². The average Bonchev–Trinajstić information content (AvgIpc) is 3.21. The van der Waals surface area contributed by atoms with E-state index in [1.807, 2.05) is 16.8 Å². The molecule has 0 spiro atoms. The number of fused-ring (bicyclic) bond motifs is 1. The van der Waals surface area contributed by atoms with Crippen LogP contribution in [0.5, 0.6) is 5.75 Å². The molecule has 2 N–H and O–H groups in total. The van der Waals surface area contributed by atoms with Gasteiger partial charge in [0.25, 0.3) is 0 Å². The Hall–Kier alpha value is -2.34. The van der Waals surface area contributed by atoms with Gasteiger partial charge >= 0.3 is 5.97 Å². The van der Waals surface area contributed by atoms with Gasteiger partial charge in [-0.25, -0.2) is 4.79 Å². The number of nitrogens with one attached hydrogen (secondary N) is 1. The molecule has 5 nitrogen and oxygen atoms in total. The summed E-state index contributed by atoms with van der Waals surface area (Å²) in [6.07, 6.45) is 0.759. The molecule has 2 atom stereocenters. The van der Waals surface area contributed by atoms with Crippen molar-refractivity contribution < 1.29 is 19.4 Å². The molecule has 0 fully saturated rings. The predicted octanol–water partition coefficient (Wildman–Crippen LogP) is 2.73. The third-order valence-corrected chi connectivity index (χ3v) is 4.72. The molecule has 0 radical (unpaired) electrons. The number of amides is 1. The molecule has 0 aliphatic carbocycles. The topological polar surface area (TPSA) is 75.6 Å². The standard InChI is InChI=1S/C17H17NO4S/c1-10(13-5-7-23-9-13)16(19)18-15(17(20)21)12-2-3-14-11(8-12)4-6-22-14/h2-3,5,7-10,15H,4,6H2,1H3,(H,18,19)(H,20,21). The first-order valence-electron chi connectivity index (χ1n) is 7.37. The molecule has 2 aromatic rings. The highest BCUT2D eigenvalue weighted by Crippen LogP contribution is 2.29. The van der Waals surface area contributed by atoms with E-state index in [0.29, 0.717) is 12.2 Å². The van der Waals surface area contributed by atoms with Crippen molar-refractivity contribution in [3.05, 3.63) is 51.7 Å². The van der Waals surface area contributed by atoms with Crippen LogP contribution in [0.3, 0.4) is 0 Å². The van der Waals surface area contributed by atoms with Crippen molar-refractivity contribution in [2.75, 3.05) is 6.61 Å². The van der Waals surface area contributed by atoms with Crippen molar-refractivity contribution in [1.29, 1.82) is 0 Å². The molecule has 23 heavy (non-hydrogen) atoms. The molecule has 6 heteroatoms. The van der Waals surface area contributed by atoms with E-state index in [2.05, 4.69) is 5.32 Å². The predicted molar refractivity (Wildman–Crippen MR) is 86.9 cm³/mol. The van der Waals surface area contributed by atoms with Crippen LogP contribution in [0.15, 0.2) is 35.0 Å². The maximum atomic E-state index is 12.4. The van der Waals surface area contributed by atoms with Gasteiger partial charge in [-0.15, -0.1) is 0 Å². The number of carboxylic acids is 1. The summed E-state index contributed by atoms with van der Waals surface area (Å²) in [6, 6.07) is 6.07. The van der Waals surface area contributed by atoms with Crippen LogP contribution in [0.25, 0.3) is 0 Å². The summed E-state index contributed by atoms with van der Waals surface area (Å²) in [5, 5.41) is 15.9. The van der Waals surface area contributed by atoms with E-state index in [4.69, 9.17) is 4.74 Å². The lowest BCUT2D eigenvalue weighted by Gasteiger charge is -2.18. The Morgan fingerprint density at radius 1 is 1.30 bits per heavy atom. The number of carboxylic acid groups (broad SMARTS) is 1. The third-order valence-electron chi connectivity index (χ3n) is 4.02. The molecule has 1 aromatic carbocycles. The van der Waals surface area contributed by atoms with E-state index in [0.717, 1.165) is 23.3 Å². The summed E-state index contributed by atoms with van der Waals surface area (Å²) < 4.78 is 5.43. The zero-order chi connectivity index (χ0) is 16.4. The van der Waals surface area contributed by atoms with E-state index in [1.54, 1.807) is 25.1 Å². The van der Waals surface area contributed by atoms with Gasteiger partial charge in [0.2, 0.25) is 5.91 Å². The Morgan fingerprint density at radius 2 is 2.13 bits per heavy atom. The molecule has 0 saturated carbocycles. The highest BCUT2D eigenvalue weighted by atomic mass is 32.1.